The summed E-state index contributed by atoms with van der Waals surface area (Å²) in [4.78, 5) is 32.4. The van der Waals surface area contributed by atoms with Gasteiger partial charge in [-0.05, 0) is 47.7 Å². The van der Waals surface area contributed by atoms with Crippen LogP contribution in [-0.4, -0.2) is 44.6 Å². The third kappa shape index (κ3) is 6.41. The molecule has 0 saturated heterocycles. The average Bonchev–Trinajstić information content (AvgIpc) is 3.25. The Balaban J connectivity index is 1.87. The first kappa shape index (κ1) is 30.1. The van der Waals surface area contributed by atoms with Crippen LogP contribution in [0.4, 0.5) is 0 Å². The van der Waals surface area contributed by atoms with Gasteiger partial charge in [-0.15, -0.1) is 6.42 Å². The Morgan fingerprint density at radius 1 is 1.22 bits per heavy atom. The molecule has 4 rings (SSSR count). The van der Waals surface area contributed by atoms with Crippen LogP contribution in [0.2, 0.25) is 5.02 Å². The molecule has 0 amide bonds. The number of aromatic nitrogens is 1. The number of hydrogen-bond acceptors (Lipinski definition) is 8. The second-order valence-corrected chi connectivity index (χ2v) is 11.0. The Bertz CT molecular complexity index is 1700. The molecule has 0 N–H and O–H groups in total. The summed E-state index contributed by atoms with van der Waals surface area (Å²) < 4.78 is 23.4. The zero-order valence-corrected chi connectivity index (χ0v) is 25.1. The second kappa shape index (κ2) is 13.2. The number of halogens is 1. The number of rotatable bonds is 10. The van der Waals surface area contributed by atoms with Gasteiger partial charge in [0.05, 0.1) is 40.6 Å². The number of nitrogens with zero attached hydrogens (tertiary/aromatic N) is 2. The third-order valence-electron chi connectivity index (χ3n) is 6.53. The number of esters is 1. The van der Waals surface area contributed by atoms with Gasteiger partial charge in [-0.3, -0.25) is 9.36 Å². The van der Waals surface area contributed by atoms with E-state index in [0.29, 0.717) is 48.6 Å². The van der Waals surface area contributed by atoms with Crippen LogP contribution in [0, 0.1) is 12.3 Å². The smallest absolute Gasteiger partial charge is 0.338 e. The van der Waals surface area contributed by atoms with Crippen LogP contribution in [0.1, 0.15) is 49.4 Å². The number of fused-ring (bicyclic) bond motifs is 1. The Hall–Kier alpha value is -3.84. The fourth-order valence-electron chi connectivity index (χ4n) is 4.49. The molecule has 0 spiro atoms. The Morgan fingerprint density at radius 3 is 2.59 bits per heavy atom. The van der Waals surface area contributed by atoms with Crippen molar-refractivity contribution in [1.29, 1.82) is 0 Å². The van der Waals surface area contributed by atoms with Gasteiger partial charge >= 0.3 is 5.97 Å². The molecule has 2 heterocycles. The van der Waals surface area contributed by atoms with E-state index in [1.54, 1.807) is 29.7 Å². The molecule has 0 bridgehead atoms. The van der Waals surface area contributed by atoms with E-state index in [4.69, 9.17) is 37.0 Å². The van der Waals surface area contributed by atoms with E-state index >= 15 is 0 Å². The van der Waals surface area contributed by atoms with Crippen molar-refractivity contribution in [3.8, 4) is 23.8 Å². The molecule has 0 aliphatic carbocycles. The molecule has 0 saturated carbocycles. The molecule has 2 aromatic carbocycles. The van der Waals surface area contributed by atoms with Crippen molar-refractivity contribution in [3.05, 3.63) is 89.1 Å². The van der Waals surface area contributed by atoms with Gasteiger partial charge in [0.1, 0.15) is 13.2 Å². The summed E-state index contributed by atoms with van der Waals surface area (Å²) in [6.07, 6.45) is 7.02. The second-order valence-electron chi connectivity index (χ2n) is 9.56. The highest BCUT2D eigenvalue weighted by Crippen LogP contribution is 2.37. The topological polar surface area (TPSA) is 88.4 Å². The first-order valence-corrected chi connectivity index (χ1v) is 14.1. The summed E-state index contributed by atoms with van der Waals surface area (Å²) in [7, 11) is 3.02. The van der Waals surface area contributed by atoms with Gasteiger partial charge in [0, 0.05) is 7.11 Å². The summed E-state index contributed by atoms with van der Waals surface area (Å²) in [6.45, 7) is 6.33. The summed E-state index contributed by atoms with van der Waals surface area (Å²) in [5, 5.41) is 0.290. The SMILES string of the molecule is C#CCOc1c(Cl)cc(C=c2sc3n(c2=O)C(c2ccc(C(C)C)cc2)C(C(=O)OCCOC)=C(C)N=3)cc1OC. The molecule has 1 aliphatic rings. The summed E-state index contributed by atoms with van der Waals surface area (Å²) in [5.41, 5.74) is 3.03. The molecule has 41 heavy (non-hydrogen) atoms. The van der Waals surface area contributed by atoms with Crippen LogP contribution >= 0.6 is 22.9 Å². The molecule has 214 valence electrons. The minimum atomic E-state index is -0.720. The van der Waals surface area contributed by atoms with Gasteiger partial charge in [-0.1, -0.05) is 67.0 Å². The molecule has 3 aromatic rings. The first-order chi connectivity index (χ1) is 19.7. The number of carbonyl (C=O) groups excluding carboxylic acids is 1. The quantitative estimate of drug-likeness (QED) is 0.198. The number of methoxy groups -OCH3 is 2. The number of terminal acetylenes is 1. The zero-order chi connectivity index (χ0) is 29.7. The molecule has 0 fully saturated rings. The average molecular weight is 595 g/mol. The van der Waals surface area contributed by atoms with Crippen molar-refractivity contribution in [2.45, 2.75) is 32.7 Å². The van der Waals surface area contributed by atoms with Crippen LogP contribution in [0.25, 0.3) is 6.08 Å². The highest BCUT2D eigenvalue weighted by molar-refractivity contribution is 7.07. The molecule has 1 atom stereocenters. The number of carbonyl (C=O) groups is 1. The lowest BCUT2D eigenvalue weighted by Gasteiger charge is -2.25. The van der Waals surface area contributed by atoms with Crippen molar-refractivity contribution in [3.63, 3.8) is 0 Å². The molecule has 1 unspecified atom stereocenters. The monoisotopic (exact) mass is 594 g/mol. The van der Waals surface area contributed by atoms with Crippen LogP contribution in [0.15, 0.2) is 57.5 Å². The highest BCUT2D eigenvalue weighted by atomic mass is 35.5. The Labute approximate surface area is 247 Å². The summed E-state index contributed by atoms with van der Waals surface area (Å²) >= 11 is 7.68. The fraction of sp³-hybridized carbons (Fsp3) is 0.323. The van der Waals surface area contributed by atoms with Crippen molar-refractivity contribution < 1.29 is 23.7 Å². The highest BCUT2D eigenvalue weighted by Gasteiger charge is 2.33. The van der Waals surface area contributed by atoms with Crippen molar-refractivity contribution in [1.82, 2.24) is 4.57 Å². The maximum absolute atomic E-state index is 13.9. The summed E-state index contributed by atoms with van der Waals surface area (Å²) in [6, 6.07) is 10.6. The number of allylic oxidation sites excluding steroid dienone is 1. The van der Waals surface area contributed by atoms with Gasteiger partial charge in [-0.2, -0.15) is 0 Å². The maximum Gasteiger partial charge on any atom is 0.338 e. The van der Waals surface area contributed by atoms with Crippen LogP contribution in [-0.2, 0) is 14.3 Å². The largest absolute Gasteiger partial charge is 0.493 e. The molecule has 1 aliphatic heterocycles. The van der Waals surface area contributed by atoms with E-state index in [1.165, 1.54) is 25.6 Å². The molecule has 8 nitrogen and oxygen atoms in total. The standard InChI is InChI=1S/C31H31ClN2O6S/c1-7-12-39-28-23(32)15-20(16-24(28)38-6)17-25-29(35)34-27(22-10-8-21(9-11-22)18(2)3)26(19(4)33-31(34)41-25)30(36)40-14-13-37-5/h1,8-11,15-18,27H,12-14H2,2-6H3. The lowest BCUT2D eigenvalue weighted by molar-refractivity contribution is -0.140. The van der Waals surface area contributed by atoms with Gasteiger partial charge in [0.15, 0.2) is 16.3 Å². The van der Waals surface area contributed by atoms with Crippen molar-refractivity contribution >= 4 is 35.0 Å². The fourth-order valence-corrected chi connectivity index (χ4v) is 5.81. The van der Waals surface area contributed by atoms with Crippen LogP contribution in [0.5, 0.6) is 11.5 Å². The van der Waals surface area contributed by atoms with Crippen molar-refractivity contribution in [2.75, 3.05) is 34.0 Å². The number of thiazole rings is 1. The maximum atomic E-state index is 13.9. The zero-order valence-electron chi connectivity index (χ0n) is 23.5. The molecule has 10 heteroatoms. The number of hydrogen-bond donors (Lipinski definition) is 0. The Morgan fingerprint density at radius 2 is 1.95 bits per heavy atom. The van der Waals surface area contributed by atoms with Gasteiger partial charge in [0.25, 0.3) is 5.56 Å². The van der Waals surface area contributed by atoms with Crippen LogP contribution < -0.4 is 24.4 Å². The van der Waals surface area contributed by atoms with E-state index in [-0.39, 0.29) is 25.4 Å². The molecular weight excluding hydrogens is 564 g/mol. The number of ether oxygens (including phenoxy) is 4. The third-order valence-corrected chi connectivity index (χ3v) is 7.79. The first-order valence-electron chi connectivity index (χ1n) is 12.9. The number of benzene rings is 2. The van der Waals surface area contributed by atoms with Gasteiger partial charge < -0.3 is 18.9 Å². The molecular formula is C31H31ClN2O6S. The van der Waals surface area contributed by atoms with Gasteiger partial charge in [-0.25, -0.2) is 9.79 Å². The summed E-state index contributed by atoms with van der Waals surface area (Å²) in [5.74, 6) is 2.88. The van der Waals surface area contributed by atoms with E-state index in [0.717, 1.165) is 11.1 Å². The Kier molecular flexibility index (Phi) is 9.71. The van der Waals surface area contributed by atoms with E-state index in [9.17, 15) is 9.59 Å². The normalized spacial score (nSPS) is 14.9. The minimum Gasteiger partial charge on any atom is -0.493 e. The molecule has 0 radical (unpaired) electrons. The molecule has 1 aromatic heterocycles. The van der Waals surface area contributed by atoms with E-state index in [1.807, 2.05) is 24.3 Å². The van der Waals surface area contributed by atoms with E-state index in [2.05, 4.69) is 24.8 Å². The lowest BCUT2D eigenvalue weighted by Crippen LogP contribution is -2.40. The predicted molar refractivity (Wildman–Crippen MR) is 159 cm³/mol. The van der Waals surface area contributed by atoms with E-state index < -0.39 is 12.0 Å². The van der Waals surface area contributed by atoms with Crippen molar-refractivity contribution in [2.24, 2.45) is 4.99 Å². The van der Waals surface area contributed by atoms with Gasteiger partial charge in [0.2, 0.25) is 0 Å². The lowest BCUT2D eigenvalue weighted by atomic mass is 9.93. The van der Waals surface area contributed by atoms with Crippen LogP contribution in [0.3, 0.4) is 0 Å². The predicted octanol–water partition coefficient (Wildman–Crippen LogP) is 4.22. The minimum absolute atomic E-state index is 0.0295.